The zero-order valence-corrected chi connectivity index (χ0v) is 5.79. The average Bonchev–Trinajstić information content (AvgIpc) is 2.20. The molecule has 1 aliphatic heterocycles. The Morgan fingerprint density at radius 3 is 1.90 bits per heavy atom. The lowest BCUT2D eigenvalue weighted by molar-refractivity contribution is 0.131. The van der Waals surface area contributed by atoms with Gasteiger partial charge in [0.25, 0.3) is 0 Å². The van der Waals surface area contributed by atoms with Gasteiger partial charge in [-0.25, -0.2) is 4.79 Å². The molecule has 1 fully saturated rings. The molecule has 10 heavy (non-hydrogen) atoms. The standard InChI is InChI=1S/C3H4O3.C2H6O.H2O/c4-3-5-1-2-6-3;1-2-3;/h1-2H2;3H,2H2,1H3;1H2. The quantitative estimate of drug-likeness (QED) is 0.466. The number of rotatable bonds is 0. The van der Waals surface area contributed by atoms with Gasteiger partial charge in [0.1, 0.15) is 13.2 Å². The van der Waals surface area contributed by atoms with E-state index in [1.807, 2.05) is 0 Å². The van der Waals surface area contributed by atoms with Crippen LogP contribution in [0.15, 0.2) is 0 Å². The van der Waals surface area contributed by atoms with E-state index in [4.69, 9.17) is 5.11 Å². The number of carbonyl (C=O) groups is 1. The van der Waals surface area contributed by atoms with Crippen molar-refractivity contribution in [1.29, 1.82) is 0 Å². The van der Waals surface area contributed by atoms with Crippen LogP contribution in [0.5, 0.6) is 0 Å². The molecular formula is C5H12O5. The number of hydrogen-bond acceptors (Lipinski definition) is 4. The normalized spacial score (nSPS) is 13.6. The third-order valence-electron chi connectivity index (χ3n) is 0.523. The lowest BCUT2D eigenvalue weighted by Crippen LogP contribution is -1.88. The molecule has 0 amide bonds. The van der Waals surface area contributed by atoms with Gasteiger partial charge in [0, 0.05) is 6.61 Å². The average molecular weight is 152 g/mol. The summed E-state index contributed by atoms with van der Waals surface area (Å²) in [6.45, 7) is 2.76. The summed E-state index contributed by atoms with van der Waals surface area (Å²) in [6.07, 6.45) is -0.546. The maximum absolute atomic E-state index is 9.80. The van der Waals surface area contributed by atoms with E-state index >= 15 is 0 Å². The third kappa shape index (κ3) is 7.19. The Hall–Kier alpha value is -0.810. The molecule has 0 spiro atoms. The molecule has 1 saturated heterocycles. The number of ether oxygens (including phenoxy) is 2. The van der Waals surface area contributed by atoms with E-state index in [9.17, 15) is 4.79 Å². The van der Waals surface area contributed by atoms with E-state index in [2.05, 4.69) is 9.47 Å². The fraction of sp³-hybridized carbons (Fsp3) is 0.800. The van der Waals surface area contributed by atoms with Gasteiger partial charge in [-0.1, -0.05) is 0 Å². The van der Waals surface area contributed by atoms with E-state index in [1.54, 1.807) is 6.92 Å². The number of aliphatic hydroxyl groups is 1. The zero-order valence-electron chi connectivity index (χ0n) is 5.79. The second kappa shape index (κ2) is 8.19. The van der Waals surface area contributed by atoms with Gasteiger partial charge in [-0.15, -0.1) is 0 Å². The smallest absolute Gasteiger partial charge is 0.431 e. The van der Waals surface area contributed by atoms with Gasteiger partial charge in [0.05, 0.1) is 0 Å². The zero-order chi connectivity index (χ0) is 7.11. The molecule has 0 aromatic heterocycles. The van der Waals surface area contributed by atoms with Crippen LogP contribution in [0.25, 0.3) is 0 Å². The van der Waals surface area contributed by atoms with E-state index in [-0.39, 0.29) is 12.1 Å². The van der Waals surface area contributed by atoms with Crippen molar-refractivity contribution in [3.05, 3.63) is 0 Å². The number of aliphatic hydroxyl groups excluding tert-OH is 1. The molecule has 0 bridgehead atoms. The van der Waals surface area contributed by atoms with Crippen LogP contribution < -0.4 is 0 Å². The largest absolute Gasteiger partial charge is 0.508 e. The van der Waals surface area contributed by atoms with E-state index in [0.717, 1.165) is 0 Å². The first-order valence-electron chi connectivity index (χ1n) is 2.71. The van der Waals surface area contributed by atoms with Crippen molar-refractivity contribution < 1.29 is 24.9 Å². The Balaban J connectivity index is 0. The van der Waals surface area contributed by atoms with Crippen molar-refractivity contribution in [2.24, 2.45) is 0 Å². The highest BCUT2D eigenvalue weighted by Crippen LogP contribution is 1.92. The molecule has 1 heterocycles. The molecule has 0 saturated carbocycles. The van der Waals surface area contributed by atoms with E-state index < -0.39 is 6.16 Å². The monoisotopic (exact) mass is 152 g/mol. The number of hydrogen-bond donors (Lipinski definition) is 1. The van der Waals surface area contributed by atoms with Crippen LogP contribution in [0.3, 0.4) is 0 Å². The molecule has 0 aromatic carbocycles. The molecule has 0 aliphatic carbocycles. The van der Waals surface area contributed by atoms with Crippen molar-refractivity contribution in [3.63, 3.8) is 0 Å². The van der Waals surface area contributed by atoms with Crippen LogP contribution in [0, 0.1) is 0 Å². The minimum absolute atomic E-state index is 0. The van der Waals surface area contributed by atoms with Gasteiger partial charge in [0.2, 0.25) is 0 Å². The Morgan fingerprint density at radius 2 is 1.80 bits per heavy atom. The van der Waals surface area contributed by atoms with Crippen LogP contribution in [-0.2, 0) is 9.47 Å². The van der Waals surface area contributed by atoms with E-state index in [1.165, 1.54) is 0 Å². The molecule has 3 N–H and O–H groups in total. The van der Waals surface area contributed by atoms with Crippen LogP contribution in [0.2, 0.25) is 0 Å². The summed E-state index contributed by atoms with van der Waals surface area (Å²) in [6, 6.07) is 0. The summed E-state index contributed by atoms with van der Waals surface area (Å²) in [5, 5.41) is 7.57. The third-order valence-corrected chi connectivity index (χ3v) is 0.523. The molecule has 0 aromatic rings. The summed E-state index contributed by atoms with van der Waals surface area (Å²) in [5.41, 5.74) is 0. The predicted octanol–water partition coefficient (Wildman–Crippen LogP) is -0.673. The van der Waals surface area contributed by atoms with Crippen LogP contribution in [-0.4, -0.2) is 36.6 Å². The van der Waals surface area contributed by atoms with Gasteiger partial charge < -0.3 is 20.1 Å². The molecule has 5 heteroatoms. The Labute approximate surface area is 58.9 Å². The maximum Gasteiger partial charge on any atom is 0.508 e. The first-order valence-corrected chi connectivity index (χ1v) is 2.71. The second-order valence-corrected chi connectivity index (χ2v) is 1.26. The summed E-state index contributed by atoms with van der Waals surface area (Å²) >= 11 is 0. The highest BCUT2D eigenvalue weighted by atomic mass is 16.8. The molecular weight excluding hydrogens is 140 g/mol. The molecule has 1 rings (SSSR count). The SMILES string of the molecule is CCO.O.O=C1OCCO1. The molecule has 5 nitrogen and oxygen atoms in total. The number of carbonyl (C=O) groups excluding carboxylic acids is 1. The molecule has 0 unspecified atom stereocenters. The van der Waals surface area contributed by atoms with Crippen LogP contribution in [0.4, 0.5) is 4.79 Å². The highest BCUT2D eigenvalue weighted by molar-refractivity contribution is 5.61. The van der Waals surface area contributed by atoms with E-state index in [0.29, 0.717) is 13.2 Å². The topological polar surface area (TPSA) is 87.3 Å². The van der Waals surface area contributed by atoms with Crippen molar-refractivity contribution in [1.82, 2.24) is 0 Å². The maximum atomic E-state index is 9.80. The van der Waals surface area contributed by atoms with Gasteiger partial charge in [-0.3, -0.25) is 0 Å². The summed E-state index contributed by atoms with van der Waals surface area (Å²) < 4.78 is 8.58. The summed E-state index contributed by atoms with van der Waals surface area (Å²) in [5.74, 6) is 0. The van der Waals surface area contributed by atoms with Crippen molar-refractivity contribution in [2.45, 2.75) is 6.92 Å². The second-order valence-electron chi connectivity index (χ2n) is 1.26. The first kappa shape index (κ1) is 11.9. The minimum atomic E-state index is -0.546. The predicted molar refractivity (Wildman–Crippen MR) is 33.7 cm³/mol. The molecule has 1 aliphatic rings. The van der Waals surface area contributed by atoms with Crippen molar-refractivity contribution >= 4 is 6.16 Å². The van der Waals surface area contributed by atoms with Gasteiger partial charge >= 0.3 is 6.16 Å². The lowest BCUT2D eigenvalue weighted by atomic mass is 10.8. The Bertz CT molecular complexity index is 74.1. The fourth-order valence-corrected chi connectivity index (χ4v) is 0.292. The van der Waals surface area contributed by atoms with Gasteiger partial charge in [-0.05, 0) is 6.92 Å². The van der Waals surface area contributed by atoms with Crippen LogP contribution >= 0.6 is 0 Å². The fourth-order valence-electron chi connectivity index (χ4n) is 0.292. The summed E-state index contributed by atoms with van der Waals surface area (Å²) in [4.78, 5) is 9.80. The van der Waals surface area contributed by atoms with Gasteiger partial charge in [-0.2, -0.15) is 0 Å². The van der Waals surface area contributed by atoms with Crippen molar-refractivity contribution in [3.8, 4) is 0 Å². The van der Waals surface area contributed by atoms with Gasteiger partial charge in [0.15, 0.2) is 0 Å². The summed E-state index contributed by atoms with van der Waals surface area (Å²) in [7, 11) is 0. The molecule has 62 valence electrons. The first-order chi connectivity index (χ1) is 4.31. The Kier molecular flexibility index (Phi) is 9.77. The van der Waals surface area contributed by atoms with Crippen LogP contribution in [0.1, 0.15) is 6.92 Å². The molecule has 0 atom stereocenters. The molecule has 0 radical (unpaired) electrons. The lowest BCUT2D eigenvalue weighted by Gasteiger charge is -1.78. The minimum Gasteiger partial charge on any atom is -0.431 e. The van der Waals surface area contributed by atoms with Crippen molar-refractivity contribution in [2.75, 3.05) is 19.8 Å². The highest BCUT2D eigenvalue weighted by Gasteiger charge is 2.09. The number of cyclic esters (lactones) is 2. The Morgan fingerprint density at radius 1 is 1.50 bits per heavy atom.